The number of amides is 2. The third-order valence-corrected chi connectivity index (χ3v) is 3.05. The molecule has 0 aliphatic carbocycles. The number of hydrogen-bond acceptors (Lipinski definition) is 3. The minimum atomic E-state index is -1.12. The number of carbonyl (C=O) groups excluding carboxylic acids is 2. The molecule has 102 valence electrons. The molecule has 1 aliphatic rings. The number of carboxylic acid groups (broad SMARTS) is 1. The van der Waals surface area contributed by atoms with Gasteiger partial charge in [0, 0.05) is 13.0 Å². The fraction of sp³-hybridized carbons (Fsp3) is 0.750. The zero-order valence-corrected chi connectivity index (χ0v) is 10.8. The highest BCUT2D eigenvalue weighted by Gasteiger charge is 2.32. The number of carboxylic acids is 1. The second-order valence-electron chi connectivity index (χ2n) is 5.27. The monoisotopic (exact) mass is 256 g/mol. The van der Waals surface area contributed by atoms with Crippen LogP contribution in [0, 0.1) is 5.41 Å². The number of aliphatic carboxylic acids is 1. The topological polar surface area (TPSA) is 95.5 Å². The molecular weight excluding hydrogens is 236 g/mol. The third kappa shape index (κ3) is 4.01. The molecule has 0 radical (unpaired) electrons. The summed E-state index contributed by atoms with van der Waals surface area (Å²) in [6, 6.07) is -0.537. The highest BCUT2D eigenvalue weighted by Crippen LogP contribution is 2.20. The third-order valence-electron chi connectivity index (χ3n) is 3.05. The van der Waals surface area contributed by atoms with Gasteiger partial charge in [0.25, 0.3) is 0 Å². The van der Waals surface area contributed by atoms with Crippen LogP contribution in [-0.2, 0) is 14.4 Å². The van der Waals surface area contributed by atoms with Gasteiger partial charge < -0.3 is 15.7 Å². The first-order chi connectivity index (χ1) is 8.33. The summed E-state index contributed by atoms with van der Waals surface area (Å²) in [4.78, 5) is 34.3. The summed E-state index contributed by atoms with van der Waals surface area (Å²) < 4.78 is 0. The van der Waals surface area contributed by atoms with Crippen LogP contribution in [0.2, 0.25) is 0 Å². The van der Waals surface area contributed by atoms with E-state index in [2.05, 4.69) is 10.6 Å². The summed E-state index contributed by atoms with van der Waals surface area (Å²) >= 11 is 0. The largest absolute Gasteiger partial charge is 0.481 e. The first-order valence-electron chi connectivity index (χ1n) is 6.13. The van der Waals surface area contributed by atoms with Crippen LogP contribution in [0.1, 0.15) is 39.5 Å². The maximum absolute atomic E-state index is 11.7. The Morgan fingerprint density at radius 1 is 1.44 bits per heavy atom. The van der Waals surface area contributed by atoms with Crippen LogP contribution >= 0.6 is 0 Å². The fourth-order valence-electron chi connectivity index (χ4n) is 1.80. The molecule has 0 saturated carbocycles. The molecule has 1 unspecified atom stereocenters. The van der Waals surface area contributed by atoms with E-state index in [1.807, 2.05) is 0 Å². The van der Waals surface area contributed by atoms with Crippen LogP contribution in [-0.4, -0.2) is 35.5 Å². The fourth-order valence-corrected chi connectivity index (χ4v) is 1.80. The molecule has 1 saturated heterocycles. The van der Waals surface area contributed by atoms with E-state index in [0.717, 1.165) is 12.8 Å². The van der Waals surface area contributed by atoms with E-state index in [9.17, 15) is 14.4 Å². The van der Waals surface area contributed by atoms with E-state index in [4.69, 9.17) is 5.11 Å². The first kappa shape index (κ1) is 14.5. The zero-order valence-electron chi connectivity index (χ0n) is 10.8. The lowest BCUT2D eigenvalue weighted by molar-refractivity contribution is -0.149. The van der Waals surface area contributed by atoms with Crippen molar-refractivity contribution in [2.24, 2.45) is 5.41 Å². The number of carbonyl (C=O) groups is 3. The van der Waals surface area contributed by atoms with Gasteiger partial charge in [0.05, 0.1) is 5.41 Å². The smallest absolute Gasteiger partial charge is 0.309 e. The summed E-state index contributed by atoms with van der Waals surface area (Å²) in [6.07, 6.45) is 2.24. The van der Waals surface area contributed by atoms with Crippen molar-refractivity contribution in [1.29, 1.82) is 0 Å². The molecule has 2 amide bonds. The van der Waals surface area contributed by atoms with Crippen molar-refractivity contribution in [3.63, 3.8) is 0 Å². The predicted octanol–water partition coefficient (Wildman–Crippen LogP) is 0.272. The second-order valence-corrected chi connectivity index (χ2v) is 5.27. The summed E-state index contributed by atoms with van der Waals surface area (Å²) in [5.41, 5.74) is -1.12. The van der Waals surface area contributed by atoms with E-state index in [1.54, 1.807) is 0 Å². The second kappa shape index (κ2) is 5.84. The molecule has 1 fully saturated rings. The number of nitrogens with one attached hydrogen (secondary N) is 2. The van der Waals surface area contributed by atoms with Crippen molar-refractivity contribution in [3.05, 3.63) is 0 Å². The molecule has 1 atom stereocenters. The number of hydrogen-bond donors (Lipinski definition) is 3. The van der Waals surface area contributed by atoms with Crippen LogP contribution in [0.4, 0.5) is 0 Å². The van der Waals surface area contributed by atoms with E-state index >= 15 is 0 Å². The quantitative estimate of drug-likeness (QED) is 0.673. The molecule has 0 spiro atoms. The Morgan fingerprint density at radius 3 is 2.72 bits per heavy atom. The highest BCUT2D eigenvalue weighted by molar-refractivity contribution is 5.89. The lowest BCUT2D eigenvalue weighted by Gasteiger charge is -2.21. The van der Waals surface area contributed by atoms with E-state index < -0.39 is 23.3 Å². The van der Waals surface area contributed by atoms with Crippen LogP contribution in [0.15, 0.2) is 0 Å². The van der Waals surface area contributed by atoms with Gasteiger partial charge in [-0.2, -0.15) is 0 Å². The molecule has 6 heteroatoms. The van der Waals surface area contributed by atoms with Crippen molar-refractivity contribution in [2.75, 3.05) is 6.54 Å². The number of rotatable bonds is 4. The average molecular weight is 256 g/mol. The van der Waals surface area contributed by atoms with Crippen molar-refractivity contribution in [3.8, 4) is 0 Å². The standard InChI is InChI=1S/C12H20N2O4/c1-12(2,11(17)18)7-9(15)14-8-5-3-4-6-13-10(8)16/h8H,3-7H2,1-2H3,(H,13,16)(H,14,15)(H,17,18). The Morgan fingerprint density at radius 2 is 2.11 bits per heavy atom. The van der Waals surface area contributed by atoms with Crippen LogP contribution in [0.25, 0.3) is 0 Å². The van der Waals surface area contributed by atoms with Gasteiger partial charge in [-0.05, 0) is 33.1 Å². The van der Waals surface area contributed by atoms with Crippen molar-refractivity contribution >= 4 is 17.8 Å². The molecule has 18 heavy (non-hydrogen) atoms. The average Bonchev–Trinajstić information content (AvgIpc) is 2.43. The van der Waals surface area contributed by atoms with Crippen molar-refractivity contribution in [2.45, 2.75) is 45.6 Å². The zero-order chi connectivity index (χ0) is 13.8. The van der Waals surface area contributed by atoms with Gasteiger partial charge in [0.15, 0.2) is 0 Å². The van der Waals surface area contributed by atoms with Gasteiger partial charge in [-0.1, -0.05) is 0 Å². The van der Waals surface area contributed by atoms with Gasteiger partial charge >= 0.3 is 5.97 Å². The Balaban J connectivity index is 2.53. The summed E-state index contributed by atoms with van der Waals surface area (Å²) in [7, 11) is 0. The Hall–Kier alpha value is -1.59. The van der Waals surface area contributed by atoms with E-state index in [0.29, 0.717) is 13.0 Å². The van der Waals surface area contributed by atoms with Gasteiger partial charge in [-0.3, -0.25) is 14.4 Å². The lowest BCUT2D eigenvalue weighted by Crippen LogP contribution is -2.46. The maximum Gasteiger partial charge on any atom is 0.309 e. The Kier molecular flexibility index (Phi) is 4.69. The molecule has 1 rings (SSSR count). The van der Waals surface area contributed by atoms with E-state index in [1.165, 1.54) is 13.8 Å². The van der Waals surface area contributed by atoms with E-state index in [-0.39, 0.29) is 12.3 Å². The highest BCUT2D eigenvalue weighted by atomic mass is 16.4. The molecule has 0 bridgehead atoms. The Bertz CT molecular complexity index is 352. The molecule has 1 aliphatic heterocycles. The minimum absolute atomic E-state index is 0.133. The Labute approximate surface area is 106 Å². The molecule has 0 aromatic carbocycles. The molecule has 6 nitrogen and oxygen atoms in total. The minimum Gasteiger partial charge on any atom is -0.481 e. The lowest BCUT2D eigenvalue weighted by atomic mass is 9.89. The van der Waals surface area contributed by atoms with Gasteiger partial charge in [-0.25, -0.2) is 0 Å². The first-order valence-corrected chi connectivity index (χ1v) is 6.13. The molecule has 0 aromatic rings. The van der Waals surface area contributed by atoms with Crippen molar-refractivity contribution in [1.82, 2.24) is 10.6 Å². The van der Waals surface area contributed by atoms with Crippen LogP contribution in [0.3, 0.4) is 0 Å². The van der Waals surface area contributed by atoms with Crippen molar-refractivity contribution < 1.29 is 19.5 Å². The predicted molar refractivity (Wildman–Crippen MR) is 64.8 cm³/mol. The summed E-state index contributed by atoms with van der Waals surface area (Å²) in [5.74, 6) is -1.61. The molecular formula is C12H20N2O4. The normalized spacial score (nSPS) is 20.8. The SMILES string of the molecule is CC(C)(CC(=O)NC1CCCCNC1=O)C(=O)O. The molecule has 0 aromatic heterocycles. The van der Waals surface area contributed by atoms with Gasteiger partial charge in [0.2, 0.25) is 11.8 Å². The molecule has 1 heterocycles. The van der Waals surface area contributed by atoms with Crippen LogP contribution in [0.5, 0.6) is 0 Å². The van der Waals surface area contributed by atoms with Crippen LogP contribution < -0.4 is 10.6 Å². The summed E-state index contributed by atoms with van der Waals surface area (Å²) in [5, 5.41) is 14.3. The molecule has 3 N–H and O–H groups in total. The maximum atomic E-state index is 11.7. The van der Waals surface area contributed by atoms with Gasteiger partial charge in [-0.15, -0.1) is 0 Å². The summed E-state index contributed by atoms with van der Waals surface area (Å²) in [6.45, 7) is 3.61. The van der Waals surface area contributed by atoms with Gasteiger partial charge in [0.1, 0.15) is 6.04 Å².